The molecule has 2 aromatic heterocycles. The molecule has 0 bridgehead atoms. The third-order valence-corrected chi connectivity index (χ3v) is 6.25. The largest absolute Gasteiger partial charge is 0.507 e. The number of ether oxygens (including phenoxy) is 1. The van der Waals surface area contributed by atoms with Crippen LogP contribution in [0.25, 0.3) is 5.76 Å². The number of rotatable bonds is 7. The summed E-state index contributed by atoms with van der Waals surface area (Å²) in [5.41, 5.74) is 4.12. The summed E-state index contributed by atoms with van der Waals surface area (Å²) in [6.45, 7) is 2.61. The number of benzene rings is 2. The predicted octanol–water partition coefficient (Wildman–Crippen LogP) is 4.99. The number of Topliss-reactive ketones (excluding diaryl/α,β-unsaturated/α-hetero) is 1. The van der Waals surface area contributed by atoms with Crippen LogP contribution in [-0.4, -0.2) is 31.7 Å². The van der Waals surface area contributed by atoms with Crippen molar-refractivity contribution in [1.29, 1.82) is 0 Å². The molecule has 4 aromatic rings. The monoisotopic (exact) mass is 491 g/mol. The molecule has 1 amide bonds. The van der Waals surface area contributed by atoms with E-state index in [1.165, 1.54) is 4.90 Å². The van der Waals surface area contributed by atoms with Crippen LogP contribution in [0, 0.1) is 6.92 Å². The van der Waals surface area contributed by atoms with Crippen LogP contribution in [0.1, 0.15) is 33.9 Å². The van der Waals surface area contributed by atoms with Gasteiger partial charge in [0.1, 0.15) is 18.1 Å². The van der Waals surface area contributed by atoms with Gasteiger partial charge in [0.25, 0.3) is 11.7 Å². The Hall–Kier alpha value is -4.78. The second kappa shape index (κ2) is 10.5. The van der Waals surface area contributed by atoms with Crippen molar-refractivity contribution in [2.75, 3.05) is 0 Å². The lowest BCUT2D eigenvalue weighted by Gasteiger charge is -2.25. The van der Waals surface area contributed by atoms with E-state index in [4.69, 9.17) is 4.74 Å². The first kappa shape index (κ1) is 23.9. The highest BCUT2D eigenvalue weighted by Gasteiger charge is 2.46. The average Bonchev–Trinajstić information content (AvgIpc) is 3.18. The normalized spacial score (nSPS) is 16.7. The zero-order chi connectivity index (χ0) is 25.8. The number of hydrogen-bond acceptors (Lipinski definition) is 6. The lowest BCUT2D eigenvalue weighted by molar-refractivity contribution is -0.140. The summed E-state index contributed by atoms with van der Waals surface area (Å²) in [7, 11) is 0. The molecule has 1 N–H and O–H groups in total. The first-order valence-corrected chi connectivity index (χ1v) is 11.9. The number of pyridine rings is 2. The summed E-state index contributed by atoms with van der Waals surface area (Å²) in [6.07, 6.45) is 6.49. The Morgan fingerprint density at radius 2 is 1.68 bits per heavy atom. The number of hydrogen-bond donors (Lipinski definition) is 1. The molecular formula is C30H25N3O4. The van der Waals surface area contributed by atoms with Gasteiger partial charge in [0, 0.05) is 36.9 Å². The molecule has 0 aliphatic carbocycles. The number of nitrogens with zero attached hydrogens (tertiary/aromatic N) is 3. The molecule has 7 heteroatoms. The molecule has 3 heterocycles. The standard InChI is InChI=1S/C30H25N3O4/c1-20-4-2-5-21(16-20)19-37-25-9-7-24(8-10-25)28(34)26-27(23-11-14-31-15-12-23)33(30(36)29(26)35)18-22-6-3-13-32-17-22/h2-17,27,34H,18-19H2,1H3/b28-26+/t27-/m0/s1. The zero-order valence-electron chi connectivity index (χ0n) is 20.2. The highest BCUT2D eigenvalue weighted by atomic mass is 16.5. The van der Waals surface area contributed by atoms with Crippen molar-refractivity contribution in [1.82, 2.24) is 14.9 Å². The van der Waals surface area contributed by atoms with Gasteiger partial charge < -0.3 is 14.7 Å². The lowest BCUT2D eigenvalue weighted by atomic mass is 9.96. The summed E-state index contributed by atoms with van der Waals surface area (Å²) < 4.78 is 5.88. The third kappa shape index (κ3) is 5.11. The molecule has 5 rings (SSSR count). The Labute approximate surface area is 214 Å². The van der Waals surface area contributed by atoms with Crippen molar-refractivity contribution in [2.45, 2.75) is 26.1 Å². The van der Waals surface area contributed by atoms with Gasteiger partial charge in [-0.3, -0.25) is 19.6 Å². The van der Waals surface area contributed by atoms with Crippen molar-refractivity contribution in [3.63, 3.8) is 0 Å². The number of aliphatic hydroxyl groups excluding tert-OH is 1. The van der Waals surface area contributed by atoms with E-state index >= 15 is 0 Å². The van der Waals surface area contributed by atoms with Crippen LogP contribution < -0.4 is 4.74 Å². The summed E-state index contributed by atoms with van der Waals surface area (Å²) in [6, 6.07) is 21.2. The second-order valence-electron chi connectivity index (χ2n) is 8.87. The van der Waals surface area contributed by atoms with E-state index in [9.17, 15) is 14.7 Å². The minimum Gasteiger partial charge on any atom is -0.507 e. The van der Waals surface area contributed by atoms with E-state index in [1.807, 2.05) is 31.2 Å². The van der Waals surface area contributed by atoms with E-state index in [0.29, 0.717) is 23.5 Å². The van der Waals surface area contributed by atoms with Crippen LogP contribution in [0.5, 0.6) is 5.75 Å². The minimum absolute atomic E-state index is 0.0357. The Balaban J connectivity index is 1.45. The van der Waals surface area contributed by atoms with E-state index in [-0.39, 0.29) is 17.9 Å². The number of carbonyl (C=O) groups is 2. The predicted molar refractivity (Wildman–Crippen MR) is 138 cm³/mol. The van der Waals surface area contributed by atoms with Gasteiger partial charge in [-0.25, -0.2) is 0 Å². The summed E-state index contributed by atoms with van der Waals surface area (Å²) >= 11 is 0. The van der Waals surface area contributed by atoms with Crippen LogP contribution in [0.4, 0.5) is 0 Å². The molecule has 7 nitrogen and oxygen atoms in total. The number of aromatic nitrogens is 2. The lowest BCUT2D eigenvalue weighted by Crippen LogP contribution is -2.29. The van der Waals surface area contributed by atoms with E-state index in [1.54, 1.807) is 67.3 Å². The van der Waals surface area contributed by atoms with Gasteiger partial charge in [-0.15, -0.1) is 0 Å². The molecule has 0 saturated carbocycles. The maximum absolute atomic E-state index is 13.2. The van der Waals surface area contributed by atoms with E-state index in [2.05, 4.69) is 16.0 Å². The van der Waals surface area contributed by atoms with Crippen LogP contribution in [-0.2, 0) is 22.7 Å². The van der Waals surface area contributed by atoms with Gasteiger partial charge in [0.15, 0.2) is 0 Å². The molecule has 0 unspecified atom stereocenters. The van der Waals surface area contributed by atoms with E-state index < -0.39 is 17.7 Å². The second-order valence-corrected chi connectivity index (χ2v) is 8.87. The molecule has 1 aliphatic heterocycles. The molecule has 0 radical (unpaired) electrons. The molecule has 37 heavy (non-hydrogen) atoms. The first-order chi connectivity index (χ1) is 18.0. The number of amides is 1. The van der Waals surface area contributed by atoms with Crippen molar-refractivity contribution in [3.05, 3.63) is 131 Å². The van der Waals surface area contributed by atoms with Crippen molar-refractivity contribution >= 4 is 17.4 Å². The first-order valence-electron chi connectivity index (χ1n) is 11.9. The highest BCUT2D eigenvalue weighted by molar-refractivity contribution is 6.46. The number of aliphatic hydroxyl groups is 1. The van der Waals surface area contributed by atoms with Crippen LogP contribution in [0.2, 0.25) is 0 Å². The van der Waals surface area contributed by atoms with Gasteiger partial charge in [-0.05, 0) is 66.1 Å². The van der Waals surface area contributed by atoms with Crippen molar-refractivity contribution in [2.24, 2.45) is 0 Å². The zero-order valence-corrected chi connectivity index (χ0v) is 20.2. The van der Waals surface area contributed by atoms with Gasteiger partial charge in [-0.2, -0.15) is 0 Å². The van der Waals surface area contributed by atoms with Crippen LogP contribution >= 0.6 is 0 Å². The molecule has 1 atom stereocenters. The fraction of sp³-hybridized carbons (Fsp3) is 0.133. The molecular weight excluding hydrogens is 466 g/mol. The fourth-order valence-electron chi connectivity index (χ4n) is 4.46. The number of likely N-dealkylation sites (tertiary alicyclic amines) is 1. The Kier molecular flexibility index (Phi) is 6.76. The Bertz CT molecular complexity index is 1450. The van der Waals surface area contributed by atoms with Gasteiger partial charge in [-0.1, -0.05) is 35.9 Å². The van der Waals surface area contributed by atoms with Crippen molar-refractivity contribution < 1.29 is 19.4 Å². The number of ketones is 1. The highest BCUT2D eigenvalue weighted by Crippen LogP contribution is 2.40. The molecule has 1 saturated heterocycles. The summed E-state index contributed by atoms with van der Waals surface area (Å²) in [4.78, 5) is 35.9. The van der Waals surface area contributed by atoms with Gasteiger partial charge in [0.05, 0.1) is 11.6 Å². The fourth-order valence-corrected chi connectivity index (χ4v) is 4.46. The summed E-state index contributed by atoms with van der Waals surface area (Å²) in [5, 5.41) is 11.3. The maximum Gasteiger partial charge on any atom is 0.295 e. The summed E-state index contributed by atoms with van der Waals surface area (Å²) in [5.74, 6) is -1.02. The molecule has 1 aliphatic rings. The van der Waals surface area contributed by atoms with Gasteiger partial charge in [0.2, 0.25) is 0 Å². The van der Waals surface area contributed by atoms with E-state index in [0.717, 1.165) is 16.7 Å². The molecule has 184 valence electrons. The molecule has 1 fully saturated rings. The molecule has 0 spiro atoms. The van der Waals surface area contributed by atoms with Crippen molar-refractivity contribution in [3.8, 4) is 5.75 Å². The maximum atomic E-state index is 13.2. The van der Waals surface area contributed by atoms with Crippen LogP contribution in [0.3, 0.4) is 0 Å². The average molecular weight is 492 g/mol. The van der Waals surface area contributed by atoms with Crippen LogP contribution in [0.15, 0.2) is 103 Å². The Morgan fingerprint density at radius 1 is 0.919 bits per heavy atom. The number of aryl methyl sites for hydroxylation is 1. The third-order valence-electron chi connectivity index (χ3n) is 6.25. The Morgan fingerprint density at radius 3 is 2.38 bits per heavy atom. The smallest absolute Gasteiger partial charge is 0.295 e. The molecule has 2 aromatic carbocycles. The SMILES string of the molecule is Cc1cccc(COc2ccc(/C(O)=C3\C(=O)C(=O)N(Cc4cccnc4)[C@H]3c3ccncc3)cc2)c1. The number of carbonyl (C=O) groups excluding carboxylic acids is 2. The van der Waals surface area contributed by atoms with Gasteiger partial charge >= 0.3 is 0 Å². The topological polar surface area (TPSA) is 92.6 Å². The minimum atomic E-state index is -0.763. The quantitative estimate of drug-likeness (QED) is 0.223.